The molecule has 0 saturated carbocycles. The molecule has 0 N–H and O–H groups in total. The minimum absolute atomic E-state index is 0.138. The number of carbonyl (C=O) groups excluding carboxylic acids is 1. The number of ether oxygens (including phenoxy) is 2. The highest BCUT2D eigenvalue weighted by Crippen LogP contribution is 2.33. The predicted molar refractivity (Wildman–Crippen MR) is 138 cm³/mol. The molecule has 8 heteroatoms. The van der Waals surface area contributed by atoms with Crippen molar-refractivity contribution < 1.29 is 18.7 Å². The molecule has 5 rings (SSSR count). The van der Waals surface area contributed by atoms with Gasteiger partial charge in [-0.25, -0.2) is 9.37 Å². The monoisotopic (exact) mass is 498 g/mol. The van der Waals surface area contributed by atoms with Crippen LogP contribution in [-0.2, 0) is 19.5 Å². The molecule has 2 heterocycles. The number of amides is 1. The summed E-state index contributed by atoms with van der Waals surface area (Å²) in [7, 11) is 3.48. The minimum Gasteiger partial charge on any atom is -0.496 e. The third-order valence-corrected chi connectivity index (χ3v) is 6.27. The lowest BCUT2D eigenvalue weighted by Gasteiger charge is -2.30. The van der Waals surface area contributed by atoms with Crippen LogP contribution < -0.4 is 14.4 Å². The van der Waals surface area contributed by atoms with Crippen molar-refractivity contribution in [2.24, 2.45) is 0 Å². The average molecular weight is 499 g/mol. The summed E-state index contributed by atoms with van der Waals surface area (Å²) in [6.45, 7) is 1.40. The summed E-state index contributed by atoms with van der Waals surface area (Å²) in [4.78, 5) is 26.7. The number of aromatic nitrogens is 2. The van der Waals surface area contributed by atoms with Crippen LogP contribution in [-0.4, -0.2) is 41.5 Å². The molecule has 0 saturated heterocycles. The maximum absolute atomic E-state index is 13.5. The molecule has 37 heavy (non-hydrogen) atoms. The summed E-state index contributed by atoms with van der Waals surface area (Å²) >= 11 is 0. The molecule has 4 aromatic rings. The Labute approximate surface area is 215 Å². The van der Waals surface area contributed by atoms with Crippen LogP contribution >= 0.6 is 0 Å². The van der Waals surface area contributed by atoms with Gasteiger partial charge in [-0.1, -0.05) is 42.5 Å². The van der Waals surface area contributed by atoms with Gasteiger partial charge in [0.2, 0.25) is 11.8 Å². The standard InChI is InChI=1S/C29H27FN4O3/c1-33(18-20-8-4-3-5-9-20)29-31-25-16-17-34(28(35)23-10-6-7-11-26(23)36-2)19-24(25)27(32-29)37-22-14-12-21(30)13-15-22/h3-15H,16-19H2,1-2H3. The second kappa shape index (κ2) is 10.7. The van der Waals surface area contributed by atoms with Gasteiger partial charge in [0.05, 0.1) is 30.5 Å². The van der Waals surface area contributed by atoms with E-state index in [-0.39, 0.29) is 18.3 Å². The van der Waals surface area contributed by atoms with Crippen LogP contribution in [0.4, 0.5) is 10.3 Å². The van der Waals surface area contributed by atoms with Crippen LogP contribution in [0.3, 0.4) is 0 Å². The molecule has 7 nitrogen and oxygen atoms in total. The summed E-state index contributed by atoms with van der Waals surface area (Å²) in [6, 6.07) is 23.0. The minimum atomic E-state index is -0.353. The Bertz CT molecular complexity index is 1400. The van der Waals surface area contributed by atoms with Gasteiger partial charge in [-0.15, -0.1) is 0 Å². The largest absolute Gasteiger partial charge is 0.496 e. The van der Waals surface area contributed by atoms with E-state index in [2.05, 4.69) is 0 Å². The molecule has 0 radical (unpaired) electrons. The van der Waals surface area contributed by atoms with Gasteiger partial charge < -0.3 is 19.3 Å². The Morgan fingerprint density at radius 2 is 1.73 bits per heavy atom. The van der Waals surface area contributed by atoms with Gasteiger partial charge in [-0.05, 0) is 42.0 Å². The topological polar surface area (TPSA) is 67.8 Å². The molecule has 0 unspecified atom stereocenters. The van der Waals surface area contributed by atoms with E-state index in [9.17, 15) is 9.18 Å². The fourth-order valence-electron chi connectivity index (χ4n) is 4.33. The Kier molecular flexibility index (Phi) is 6.98. The second-order valence-electron chi connectivity index (χ2n) is 8.83. The van der Waals surface area contributed by atoms with Gasteiger partial charge in [0.1, 0.15) is 17.3 Å². The van der Waals surface area contributed by atoms with Gasteiger partial charge in [0.25, 0.3) is 5.91 Å². The summed E-state index contributed by atoms with van der Waals surface area (Å²) in [5, 5.41) is 0. The molecule has 1 amide bonds. The summed E-state index contributed by atoms with van der Waals surface area (Å²) in [6.07, 6.45) is 0.546. The second-order valence-corrected chi connectivity index (χ2v) is 8.83. The zero-order valence-electron chi connectivity index (χ0n) is 20.7. The number of rotatable bonds is 7. The van der Waals surface area contributed by atoms with E-state index in [0.717, 1.165) is 16.8 Å². The van der Waals surface area contributed by atoms with E-state index >= 15 is 0 Å². The van der Waals surface area contributed by atoms with E-state index in [1.54, 1.807) is 36.3 Å². The van der Waals surface area contributed by atoms with E-state index in [1.807, 2.05) is 54.4 Å². The number of carbonyl (C=O) groups is 1. The van der Waals surface area contributed by atoms with Crippen molar-refractivity contribution in [2.75, 3.05) is 25.6 Å². The Morgan fingerprint density at radius 3 is 2.49 bits per heavy atom. The maximum Gasteiger partial charge on any atom is 0.257 e. The number of anilines is 1. The van der Waals surface area contributed by atoms with Crippen molar-refractivity contribution in [3.05, 3.63) is 107 Å². The highest BCUT2D eigenvalue weighted by Gasteiger charge is 2.29. The number of halogens is 1. The lowest BCUT2D eigenvalue weighted by atomic mass is 10.0. The van der Waals surface area contributed by atoms with Crippen molar-refractivity contribution in [1.29, 1.82) is 0 Å². The van der Waals surface area contributed by atoms with Crippen molar-refractivity contribution in [3.8, 4) is 17.4 Å². The first-order valence-corrected chi connectivity index (χ1v) is 12.0. The van der Waals surface area contributed by atoms with Crippen LogP contribution in [0.2, 0.25) is 0 Å². The Hall–Kier alpha value is -4.46. The number of hydrogen-bond acceptors (Lipinski definition) is 6. The molecule has 188 valence electrons. The zero-order chi connectivity index (χ0) is 25.8. The van der Waals surface area contributed by atoms with Crippen LogP contribution in [0.15, 0.2) is 78.9 Å². The molecule has 1 aliphatic heterocycles. The number of benzene rings is 3. The average Bonchev–Trinajstić information content (AvgIpc) is 2.94. The van der Waals surface area contributed by atoms with Gasteiger partial charge in [0.15, 0.2) is 0 Å². The van der Waals surface area contributed by atoms with Crippen LogP contribution in [0, 0.1) is 5.82 Å². The van der Waals surface area contributed by atoms with E-state index in [1.165, 1.54) is 12.1 Å². The highest BCUT2D eigenvalue weighted by atomic mass is 19.1. The van der Waals surface area contributed by atoms with Crippen LogP contribution in [0.5, 0.6) is 17.4 Å². The van der Waals surface area contributed by atoms with Crippen molar-refractivity contribution in [3.63, 3.8) is 0 Å². The smallest absolute Gasteiger partial charge is 0.257 e. The molecule has 1 aromatic heterocycles. The normalized spacial score (nSPS) is 12.6. The number of fused-ring (bicyclic) bond motifs is 1. The first kappa shape index (κ1) is 24.2. The summed E-state index contributed by atoms with van der Waals surface area (Å²) in [5.41, 5.74) is 3.18. The third-order valence-electron chi connectivity index (χ3n) is 6.27. The number of methoxy groups -OCH3 is 1. The van der Waals surface area contributed by atoms with Gasteiger partial charge in [-0.2, -0.15) is 4.98 Å². The number of hydrogen-bond donors (Lipinski definition) is 0. The maximum atomic E-state index is 13.5. The van der Waals surface area contributed by atoms with E-state index < -0.39 is 0 Å². The van der Waals surface area contributed by atoms with Gasteiger partial charge >= 0.3 is 0 Å². The molecule has 0 aliphatic carbocycles. The Balaban J connectivity index is 1.48. The van der Waals surface area contributed by atoms with Crippen LogP contribution in [0.25, 0.3) is 0 Å². The van der Waals surface area contributed by atoms with Gasteiger partial charge in [0, 0.05) is 26.6 Å². The Morgan fingerprint density at radius 1 is 1.00 bits per heavy atom. The third kappa shape index (κ3) is 5.38. The fourth-order valence-corrected chi connectivity index (χ4v) is 4.33. The SMILES string of the molecule is COc1ccccc1C(=O)N1CCc2nc(N(C)Cc3ccccc3)nc(Oc3ccc(F)cc3)c2C1. The quantitative estimate of drug-likeness (QED) is 0.347. The summed E-state index contributed by atoms with van der Waals surface area (Å²) < 4.78 is 25.0. The van der Waals surface area contributed by atoms with Crippen molar-refractivity contribution in [1.82, 2.24) is 14.9 Å². The first-order chi connectivity index (χ1) is 18.0. The molecular formula is C29H27FN4O3. The molecule has 0 bridgehead atoms. The van der Waals surface area contributed by atoms with E-state index in [0.29, 0.717) is 48.4 Å². The lowest BCUT2D eigenvalue weighted by molar-refractivity contribution is 0.0728. The van der Waals surface area contributed by atoms with Crippen molar-refractivity contribution >= 4 is 11.9 Å². The highest BCUT2D eigenvalue weighted by molar-refractivity contribution is 5.97. The van der Waals surface area contributed by atoms with E-state index in [4.69, 9.17) is 19.4 Å². The first-order valence-electron chi connectivity index (χ1n) is 12.0. The fraction of sp³-hybridized carbons (Fsp3) is 0.207. The summed E-state index contributed by atoms with van der Waals surface area (Å²) in [5.74, 6) is 1.35. The predicted octanol–water partition coefficient (Wildman–Crippen LogP) is 5.25. The molecule has 0 spiro atoms. The molecule has 0 fully saturated rings. The van der Waals surface area contributed by atoms with Crippen molar-refractivity contribution in [2.45, 2.75) is 19.5 Å². The molecule has 0 atom stereocenters. The molecule has 3 aromatic carbocycles. The number of para-hydroxylation sites is 1. The van der Waals surface area contributed by atoms with Gasteiger partial charge in [-0.3, -0.25) is 4.79 Å². The molecular weight excluding hydrogens is 471 g/mol. The molecule has 1 aliphatic rings. The number of nitrogens with zero attached hydrogens (tertiary/aromatic N) is 4. The van der Waals surface area contributed by atoms with Crippen LogP contribution in [0.1, 0.15) is 27.2 Å². The zero-order valence-corrected chi connectivity index (χ0v) is 20.7. The lowest BCUT2D eigenvalue weighted by Crippen LogP contribution is -2.37.